The molecule has 2 heterocycles. The summed E-state index contributed by atoms with van der Waals surface area (Å²) in [7, 11) is 1.72. The lowest BCUT2D eigenvalue weighted by molar-refractivity contribution is -0.119. The van der Waals surface area contributed by atoms with Gasteiger partial charge in [0, 0.05) is 44.2 Å². The van der Waals surface area contributed by atoms with Gasteiger partial charge in [-0.05, 0) is 48.6 Å². The molecule has 2 fully saturated rings. The molecule has 4 heteroatoms. The highest BCUT2D eigenvalue weighted by Crippen LogP contribution is 2.30. The molecule has 2 aromatic carbocycles. The Morgan fingerprint density at radius 2 is 1.93 bits per heavy atom. The number of hydrogen-bond acceptors (Lipinski definition) is 3. The standard InChI is InChI=1S/C23H28N2O2/c1-27-21-9-6-8-19(15-21)20-16-24(17-20)14-12-18-7-2-3-10-22(18)25-13-5-4-11-23(25)26/h2-3,6-10,15,20H,4-5,11-14,16-17H2,1H3. The lowest BCUT2D eigenvalue weighted by Gasteiger charge is -2.40. The fourth-order valence-corrected chi connectivity index (χ4v) is 4.18. The molecule has 142 valence electrons. The Balaban J connectivity index is 1.34. The first-order chi connectivity index (χ1) is 13.2. The number of nitrogens with zero attached hydrogens (tertiary/aromatic N) is 2. The van der Waals surface area contributed by atoms with Crippen LogP contribution in [0.4, 0.5) is 5.69 Å². The second-order valence-electron chi connectivity index (χ2n) is 7.61. The number of hydrogen-bond donors (Lipinski definition) is 0. The van der Waals surface area contributed by atoms with E-state index in [0.29, 0.717) is 12.3 Å². The van der Waals surface area contributed by atoms with Crippen LogP contribution >= 0.6 is 0 Å². The lowest BCUT2D eigenvalue weighted by atomic mass is 9.91. The molecule has 2 aromatic rings. The maximum Gasteiger partial charge on any atom is 0.226 e. The molecule has 4 rings (SSSR count). The van der Waals surface area contributed by atoms with Crippen molar-refractivity contribution in [3.63, 3.8) is 0 Å². The molecule has 4 nitrogen and oxygen atoms in total. The van der Waals surface area contributed by atoms with Crippen LogP contribution in [0.5, 0.6) is 5.75 Å². The van der Waals surface area contributed by atoms with E-state index in [2.05, 4.69) is 41.3 Å². The van der Waals surface area contributed by atoms with E-state index in [1.54, 1.807) is 7.11 Å². The molecule has 0 radical (unpaired) electrons. The van der Waals surface area contributed by atoms with E-state index in [1.807, 2.05) is 17.0 Å². The van der Waals surface area contributed by atoms with Gasteiger partial charge >= 0.3 is 0 Å². The van der Waals surface area contributed by atoms with E-state index in [4.69, 9.17) is 4.74 Å². The van der Waals surface area contributed by atoms with Crippen LogP contribution in [-0.2, 0) is 11.2 Å². The van der Waals surface area contributed by atoms with Crippen molar-refractivity contribution in [2.45, 2.75) is 31.6 Å². The van der Waals surface area contributed by atoms with Crippen molar-refractivity contribution in [1.29, 1.82) is 0 Å². The van der Waals surface area contributed by atoms with Crippen molar-refractivity contribution in [2.24, 2.45) is 0 Å². The molecular weight excluding hydrogens is 336 g/mol. The van der Waals surface area contributed by atoms with Gasteiger partial charge in [-0.15, -0.1) is 0 Å². The Morgan fingerprint density at radius 1 is 1.07 bits per heavy atom. The van der Waals surface area contributed by atoms with Crippen molar-refractivity contribution in [3.05, 3.63) is 59.7 Å². The van der Waals surface area contributed by atoms with E-state index in [0.717, 1.165) is 56.9 Å². The molecule has 0 aromatic heterocycles. The molecule has 0 aliphatic carbocycles. The number of benzene rings is 2. The average molecular weight is 364 g/mol. The number of rotatable bonds is 6. The summed E-state index contributed by atoms with van der Waals surface area (Å²) in [6.45, 7) is 4.09. The van der Waals surface area contributed by atoms with Crippen LogP contribution in [0.15, 0.2) is 48.5 Å². The number of carbonyl (C=O) groups is 1. The number of likely N-dealkylation sites (tertiary alicyclic amines) is 1. The third-order valence-corrected chi connectivity index (χ3v) is 5.83. The number of anilines is 1. The molecule has 2 saturated heterocycles. The number of methoxy groups -OCH3 is 1. The van der Waals surface area contributed by atoms with Gasteiger partial charge in [-0.1, -0.05) is 30.3 Å². The fourth-order valence-electron chi connectivity index (χ4n) is 4.18. The zero-order chi connectivity index (χ0) is 18.6. The molecule has 0 bridgehead atoms. The van der Waals surface area contributed by atoms with Crippen LogP contribution in [0.25, 0.3) is 0 Å². The van der Waals surface area contributed by atoms with E-state index in [1.165, 1.54) is 11.1 Å². The highest BCUT2D eigenvalue weighted by Gasteiger charge is 2.28. The van der Waals surface area contributed by atoms with Gasteiger partial charge in [-0.2, -0.15) is 0 Å². The topological polar surface area (TPSA) is 32.8 Å². The van der Waals surface area contributed by atoms with Crippen LogP contribution in [0, 0.1) is 0 Å². The third kappa shape index (κ3) is 4.01. The molecule has 0 N–H and O–H groups in total. The van der Waals surface area contributed by atoms with Crippen LogP contribution in [-0.4, -0.2) is 44.1 Å². The van der Waals surface area contributed by atoms with E-state index >= 15 is 0 Å². The van der Waals surface area contributed by atoms with Gasteiger partial charge in [0.15, 0.2) is 0 Å². The molecule has 2 aliphatic heterocycles. The van der Waals surface area contributed by atoms with E-state index < -0.39 is 0 Å². The van der Waals surface area contributed by atoms with Crippen LogP contribution in [0.3, 0.4) is 0 Å². The first kappa shape index (κ1) is 18.1. The highest BCUT2D eigenvalue weighted by molar-refractivity contribution is 5.94. The van der Waals surface area contributed by atoms with Crippen molar-refractivity contribution < 1.29 is 9.53 Å². The third-order valence-electron chi connectivity index (χ3n) is 5.83. The Labute approximate surface area is 161 Å². The SMILES string of the molecule is COc1cccc(C2CN(CCc3ccccc3N3CCCCC3=O)C2)c1. The van der Waals surface area contributed by atoms with Crippen molar-refractivity contribution in [3.8, 4) is 5.75 Å². The van der Waals surface area contributed by atoms with Crippen molar-refractivity contribution in [2.75, 3.05) is 38.2 Å². The molecule has 2 aliphatic rings. The Morgan fingerprint density at radius 3 is 2.74 bits per heavy atom. The van der Waals surface area contributed by atoms with Crippen LogP contribution in [0.1, 0.15) is 36.3 Å². The zero-order valence-electron chi connectivity index (χ0n) is 16.1. The molecule has 27 heavy (non-hydrogen) atoms. The predicted molar refractivity (Wildman–Crippen MR) is 109 cm³/mol. The summed E-state index contributed by atoms with van der Waals surface area (Å²) in [6.07, 6.45) is 3.80. The molecule has 0 saturated carbocycles. The van der Waals surface area contributed by atoms with Gasteiger partial charge in [0.1, 0.15) is 5.75 Å². The molecule has 0 spiro atoms. The maximum atomic E-state index is 12.3. The maximum absolute atomic E-state index is 12.3. The normalized spacial score (nSPS) is 18.4. The average Bonchev–Trinajstić information content (AvgIpc) is 2.68. The van der Waals surface area contributed by atoms with Crippen LogP contribution in [0.2, 0.25) is 0 Å². The van der Waals surface area contributed by atoms with Crippen molar-refractivity contribution in [1.82, 2.24) is 4.90 Å². The summed E-state index contributed by atoms with van der Waals surface area (Å²) in [5, 5.41) is 0. The second-order valence-corrected chi connectivity index (χ2v) is 7.61. The summed E-state index contributed by atoms with van der Waals surface area (Å²) >= 11 is 0. The van der Waals surface area contributed by atoms with Gasteiger partial charge in [0.2, 0.25) is 5.91 Å². The quantitative estimate of drug-likeness (QED) is 0.780. The van der Waals surface area contributed by atoms with Gasteiger partial charge in [-0.3, -0.25) is 4.79 Å². The van der Waals surface area contributed by atoms with Crippen LogP contribution < -0.4 is 9.64 Å². The Kier molecular flexibility index (Phi) is 5.44. The largest absolute Gasteiger partial charge is 0.497 e. The lowest BCUT2D eigenvalue weighted by Crippen LogP contribution is -2.45. The van der Waals surface area contributed by atoms with Gasteiger partial charge < -0.3 is 14.5 Å². The highest BCUT2D eigenvalue weighted by atomic mass is 16.5. The summed E-state index contributed by atoms with van der Waals surface area (Å²) in [5.74, 6) is 1.81. The van der Waals surface area contributed by atoms with Gasteiger partial charge in [0.25, 0.3) is 0 Å². The Hall–Kier alpha value is -2.33. The summed E-state index contributed by atoms with van der Waals surface area (Å²) in [6, 6.07) is 16.8. The smallest absolute Gasteiger partial charge is 0.226 e. The first-order valence-electron chi connectivity index (χ1n) is 9.99. The molecule has 0 atom stereocenters. The number of piperidine rings is 1. The molecule has 1 amide bonds. The van der Waals surface area contributed by atoms with Gasteiger partial charge in [-0.25, -0.2) is 0 Å². The second kappa shape index (κ2) is 8.13. The van der Waals surface area contributed by atoms with Crippen molar-refractivity contribution >= 4 is 11.6 Å². The molecular formula is C23H28N2O2. The number of carbonyl (C=O) groups excluding carboxylic acids is 1. The monoisotopic (exact) mass is 364 g/mol. The summed E-state index contributed by atoms with van der Waals surface area (Å²) in [4.78, 5) is 16.8. The summed E-state index contributed by atoms with van der Waals surface area (Å²) in [5.41, 5.74) is 3.77. The van der Waals surface area contributed by atoms with Gasteiger partial charge in [0.05, 0.1) is 7.11 Å². The van der Waals surface area contributed by atoms with E-state index in [-0.39, 0.29) is 5.91 Å². The van der Waals surface area contributed by atoms with E-state index in [9.17, 15) is 4.79 Å². The minimum Gasteiger partial charge on any atom is -0.497 e. The zero-order valence-corrected chi connectivity index (χ0v) is 16.1. The number of ether oxygens (including phenoxy) is 1. The predicted octanol–water partition coefficient (Wildman–Crippen LogP) is 3.85. The minimum atomic E-state index is 0.274. The Bertz CT molecular complexity index is 798. The summed E-state index contributed by atoms with van der Waals surface area (Å²) < 4.78 is 5.34. The number of amides is 1. The number of para-hydroxylation sites is 1. The molecule has 0 unspecified atom stereocenters. The minimum absolute atomic E-state index is 0.274. The fraction of sp³-hybridized carbons (Fsp3) is 0.435. The first-order valence-corrected chi connectivity index (χ1v) is 9.99.